The van der Waals surface area contributed by atoms with Gasteiger partial charge in [-0.15, -0.1) is 0 Å². The molecule has 6 rings (SSSR count). The van der Waals surface area contributed by atoms with E-state index in [4.69, 9.17) is 4.98 Å². The van der Waals surface area contributed by atoms with Crippen LogP contribution in [-0.2, 0) is 7.05 Å². The number of aliphatic hydroxyl groups is 1. The maximum absolute atomic E-state index is 10.2. The van der Waals surface area contributed by atoms with Crippen LogP contribution in [0.25, 0.3) is 27.8 Å². The zero-order valence-electron chi connectivity index (χ0n) is 19.3. The minimum absolute atomic E-state index is 0.548. The summed E-state index contributed by atoms with van der Waals surface area (Å²) in [5, 5.41) is 17.9. The van der Waals surface area contributed by atoms with Gasteiger partial charge in [0.25, 0.3) is 0 Å². The number of fused-ring (bicyclic) bond motifs is 3. The fraction of sp³-hybridized carbons (Fsp3) is 0.269. The highest BCUT2D eigenvalue weighted by molar-refractivity contribution is 5.87. The van der Waals surface area contributed by atoms with Crippen molar-refractivity contribution in [2.45, 2.75) is 25.4 Å². The number of imidazole rings is 1. The summed E-state index contributed by atoms with van der Waals surface area (Å²) in [7, 11) is 1.92. The van der Waals surface area contributed by atoms with Crippen LogP contribution in [0.2, 0.25) is 0 Å². The van der Waals surface area contributed by atoms with Crippen LogP contribution in [-0.4, -0.2) is 47.9 Å². The molecule has 8 heteroatoms. The molecule has 0 saturated carbocycles. The van der Waals surface area contributed by atoms with Gasteiger partial charge >= 0.3 is 0 Å². The molecule has 1 aliphatic heterocycles. The number of hydrogen-bond donors (Lipinski definition) is 2. The predicted molar refractivity (Wildman–Crippen MR) is 134 cm³/mol. The first-order valence-corrected chi connectivity index (χ1v) is 11.6. The molecule has 0 bridgehead atoms. The number of hydrogen-bond acceptors (Lipinski definition) is 6. The van der Waals surface area contributed by atoms with E-state index in [9.17, 15) is 5.11 Å². The Hall–Kier alpha value is -3.91. The van der Waals surface area contributed by atoms with E-state index >= 15 is 0 Å². The number of nitrogens with zero attached hydrogens (tertiary/aromatic N) is 6. The smallest absolute Gasteiger partial charge is 0.180 e. The van der Waals surface area contributed by atoms with E-state index in [-0.39, 0.29) is 0 Å². The second kappa shape index (κ2) is 7.85. The second-order valence-electron chi connectivity index (χ2n) is 9.34. The molecule has 0 amide bonds. The third-order valence-electron chi connectivity index (χ3n) is 6.69. The van der Waals surface area contributed by atoms with Gasteiger partial charge in [-0.25, -0.2) is 9.97 Å². The van der Waals surface area contributed by atoms with Crippen molar-refractivity contribution in [1.29, 1.82) is 0 Å². The second-order valence-corrected chi connectivity index (χ2v) is 9.34. The fourth-order valence-electron chi connectivity index (χ4n) is 4.63. The molecule has 2 aromatic carbocycles. The summed E-state index contributed by atoms with van der Waals surface area (Å²) in [6, 6.07) is 14.6. The Labute approximate surface area is 197 Å². The van der Waals surface area contributed by atoms with Crippen molar-refractivity contribution in [1.82, 2.24) is 24.1 Å². The normalized spacial score (nSPS) is 15.8. The molecule has 5 aromatic rings. The number of rotatable bonds is 4. The van der Waals surface area contributed by atoms with Gasteiger partial charge < -0.3 is 15.3 Å². The molecule has 4 heterocycles. The van der Waals surface area contributed by atoms with Gasteiger partial charge in [0, 0.05) is 55.7 Å². The van der Waals surface area contributed by atoms with Gasteiger partial charge in [-0.05, 0) is 61.7 Å². The van der Waals surface area contributed by atoms with Crippen molar-refractivity contribution in [2.24, 2.45) is 7.05 Å². The molecule has 8 nitrogen and oxygen atoms in total. The summed E-state index contributed by atoms with van der Waals surface area (Å²) in [5.41, 5.74) is 6.39. The Morgan fingerprint density at radius 2 is 1.82 bits per heavy atom. The van der Waals surface area contributed by atoms with Crippen molar-refractivity contribution in [3.05, 3.63) is 67.3 Å². The van der Waals surface area contributed by atoms with E-state index in [1.54, 1.807) is 10.9 Å². The van der Waals surface area contributed by atoms with Crippen molar-refractivity contribution in [2.75, 3.05) is 23.3 Å². The molecule has 0 spiro atoms. The number of aryl methyl sites for hydroxylation is 1. The highest BCUT2D eigenvalue weighted by atomic mass is 16.3. The summed E-state index contributed by atoms with van der Waals surface area (Å²) < 4.78 is 3.87. The van der Waals surface area contributed by atoms with Crippen molar-refractivity contribution < 1.29 is 5.11 Å². The summed E-state index contributed by atoms with van der Waals surface area (Å²) in [6.45, 7) is 3.65. The largest absolute Gasteiger partial charge is 0.390 e. The zero-order valence-corrected chi connectivity index (χ0v) is 19.3. The van der Waals surface area contributed by atoms with E-state index in [1.165, 1.54) is 5.69 Å². The van der Waals surface area contributed by atoms with Crippen LogP contribution in [0.3, 0.4) is 0 Å². The molecule has 34 heavy (non-hydrogen) atoms. The van der Waals surface area contributed by atoms with Crippen molar-refractivity contribution in [3.8, 4) is 11.1 Å². The third kappa shape index (κ3) is 3.76. The quantitative estimate of drug-likeness (QED) is 0.420. The van der Waals surface area contributed by atoms with E-state index in [0.29, 0.717) is 5.82 Å². The summed E-state index contributed by atoms with van der Waals surface area (Å²) >= 11 is 0. The lowest BCUT2D eigenvalue weighted by Gasteiger charge is -2.37. The van der Waals surface area contributed by atoms with Gasteiger partial charge in [-0.1, -0.05) is 6.07 Å². The van der Waals surface area contributed by atoms with Gasteiger partial charge in [0.05, 0.1) is 22.8 Å². The lowest BCUT2D eigenvalue weighted by molar-refractivity contribution is 0.0351. The lowest BCUT2D eigenvalue weighted by atomic mass is 9.93. The fourth-order valence-corrected chi connectivity index (χ4v) is 4.63. The standard InChI is InChI=1S/C26H27N7O/c1-26(34)9-12-32(13-10-26)21-6-4-20(5-7-21)29-24-25-27-11-14-33(25)23-15-18(3-8-22(23)30-24)19-16-28-31(2)17-19/h3-8,11,14-17,34H,9-10,12-13H2,1-2H3,(H,29,30). The molecule has 1 saturated heterocycles. The minimum atomic E-state index is -0.548. The maximum atomic E-state index is 10.2. The van der Waals surface area contributed by atoms with Crippen molar-refractivity contribution in [3.63, 3.8) is 0 Å². The predicted octanol–water partition coefficient (Wildman–Crippen LogP) is 4.38. The molecular formula is C26H27N7O. The molecule has 0 atom stereocenters. The zero-order chi connectivity index (χ0) is 23.3. The molecule has 0 unspecified atom stereocenters. The average molecular weight is 454 g/mol. The summed E-state index contributed by atoms with van der Waals surface area (Å²) in [4.78, 5) is 11.8. The van der Waals surface area contributed by atoms with Gasteiger partial charge in [-0.3, -0.25) is 9.08 Å². The summed E-state index contributed by atoms with van der Waals surface area (Å²) in [6.07, 6.45) is 9.21. The van der Waals surface area contributed by atoms with Crippen LogP contribution >= 0.6 is 0 Å². The van der Waals surface area contributed by atoms with Crippen LogP contribution in [0.1, 0.15) is 19.8 Å². The number of anilines is 3. The summed E-state index contributed by atoms with van der Waals surface area (Å²) in [5.74, 6) is 0.716. The molecule has 0 radical (unpaired) electrons. The number of aromatic nitrogens is 5. The Balaban J connectivity index is 1.29. The Bertz CT molecular complexity index is 1470. The monoisotopic (exact) mass is 453 g/mol. The SMILES string of the molecule is Cn1cc(-c2ccc3nc(Nc4ccc(N5CCC(C)(O)CC5)cc4)c4nccn4c3c2)cn1. The molecule has 0 aliphatic carbocycles. The van der Waals surface area contributed by atoms with E-state index in [0.717, 1.165) is 59.4 Å². The van der Waals surface area contributed by atoms with E-state index in [1.807, 2.05) is 38.6 Å². The molecule has 172 valence electrons. The number of benzene rings is 2. The topological polar surface area (TPSA) is 83.5 Å². The van der Waals surface area contributed by atoms with E-state index < -0.39 is 5.60 Å². The molecule has 1 fully saturated rings. The van der Waals surface area contributed by atoms with Gasteiger partial charge in [0.15, 0.2) is 11.5 Å². The number of nitrogens with one attached hydrogen (secondary N) is 1. The molecule has 1 aliphatic rings. The Morgan fingerprint density at radius 1 is 1.03 bits per heavy atom. The third-order valence-corrected chi connectivity index (χ3v) is 6.69. The first kappa shape index (κ1) is 20.7. The molecule has 3 aromatic heterocycles. The van der Waals surface area contributed by atoms with E-state index in [2.05, 4.69) is 61.1 Å². The van der Waals surface area contributed by atoms with Gasteiger partial charge in [0.2, 0.25) is 0 Å². The number of piperidine rings is 1. The van der Waals surface area contributed by atoms with Crippen molar-refractivity contribution >= 4 is 33.9 Å². The Morgan fingerprint density at radius 3 is 2.56 bits per heavy atom. The van der Waals surface area contributed by atoms with Gasteiger partial charge in [-0.2, -0.15) is 5.10 Å². The van der Waals surface area contributed by atoms with Crippen LogP contribution in [0, 0.1) is 0 Å². The molecule has 2 N–H and O–H groups in total. The maximum Gasteiger partial charge on any atom is 0.180 e. The Kier molecular flexibility index (Phi) is 4.77. The van der Waals surface area contributed by atoms with Crippen LogP contribution in [0.15, 0.2) is 67.3 Å². The molecular weight excluding hydrogens is 426 g/mol. The van der Waals surface area contributed by atoms with Crippen LogP contribution in [0.5, 0.6) is 0 Å². The highest BCUT2D eigenvalue weighted by Crippen LogP contribution is 2.30. The average Bonchev–Trinajstić information content (AvgIpc) is 3.49. The highest BCUT2D eigenvalue weighted by Gasteiger charge is 2.27. The minimum Gasteiger partial charge on any atom is -0.390 e. The first-order valence-electron chi connectivity index (χ1n) is 11.6. The van der Waals surface area contributed by atoms with Gasteiger partial charge in [0.1, 0.15) is 0 Å². The van der Waals surface area contributed by atoms with Crippen LogP contribution in [0.4, 0.5) is 17.2 Å². The first-order chi connectivity index (χ1) is 16.4. The van der Waals surface area contributed by atoms with Crippen LogP contribution < -0.4 is 10.2 Å². The lowest BCUT2D eigenvalue weighted by Crippen LogP contribution is -2.42.